The van der Waals surface area contributed by atoms with Gasteiger partial charge in [-0.15, -0.1) is 10.2 Å². The van der Waals surface area contributed by atoms with Crippen molar-refractivity contribution in [3.8, 4) is 11.4 Å². The van der Waals surface area contributed by atoms with Gasteiger partial charge in [0.05, 0.1) is 11.8 Å². The molecule has 1 amide bonds. The predicted octanol–water partition coefficient (Wildman–Crippen LogP) is 4.64. The van der Waals surface area contributed by atoms with Gasteiger partial charge in [0.15, 0.2) is 11.0 Å². The maximum Gasteiger partial charge on any atom is 0.230 e. The van der Waals surface area contributed by atoms with E-state index in [0.717, 1.165) is 23.0 Å². The van der Waals surface area contributed by atoms with Crippen LogP contribution in [-0.2, 0) is 24.7 Å². The lowest BCUT2D eigenvalue weighted by molar-refractivity contribution is -0.119. The molecule has 1 heterocycles. The first-order chi connectivity index (χ1) is 14.5. The largest absolute Gasteiger partial charge is 0.349 e. The van der Waals surface area contributed by atoms with E-state index in [4.69, 9.17) is 0 Å². The minimum atomic E-state index is -0.00678. The number of amides is 1. The highest BCUT2D eigenvalue weighted by Gasteiger charge is 2.16. The molecule has 1 atom stereocenters. The molecule has 1 aromatic heterocycles. The van der Waals surface area contributed by atoms with Crippen molar-refractivity contribution in [2.45, 2.75) is 50.7 Å². The molecule has 4 rings (SSSR count). The van der Waals surface area contributed by atoms with E-state index < -0.39 is 0 Å². The van der Waals surface area contributed by atoms with E-state index in [9.17, 15) is 4.79 Å². The summed E-state index contributed by atoms with van der Waals surface area (Å²) in [6.45, 7) is 4.11. The number of aryl methyl sites for hydroxylation is 3. The monoisotopic (exact) mass is 420 g/mol. The molecule has 0 aliphatic heterocycles. The molecule has 1 unspecified atom stereocenters. The van der Waals surface area contributed by atoms with E-state index >= 15 is 0 Å². The summed E-state index contributed by atoms with van der Waals surface area (Å²) in [6.07, 6.45) is 4.87. The number of thioether (sulfide) groups is 1. The molecule has 1 aliphatic rings. The van der Waals surface area contributed by atoms with E-state index in [2.05, 4.69) is 52.8 Å². The second kappa shape index (κ2) is 9.04. The first-order valence-corrected chi connectivity index (χ1v) is 11.5. The van der Waals surface area contributed by atoms with Crippen LogP contribution in [0.1, 0.15) is 48.1 Å². The van der Waals surface area contributed by atoms with Crippen molar-refractivity contribution in [1.82, 2.24) is 20.1 Å². The van der Waals surface area contributed by atoms with Gasteiger partial charge in [0, 0.05) is 12.6 Å². The topological polar surface area (TPSA) is 59.8 Å². The lowest BCUT2D eigenvalue weighted by atomic mass is 9.89. The van der Waals surface area contributed by atoms with Crippen LogP contribution in [0, 0.1) is 6.92 Å². The van der Waals surface area contributed by atoms with Gasteiger partial charge >= 0.3 is 0 Å². The molecule has 30 heavy (non-hydrogen) atoms. The quantitative estimate of drug-likeness (QED) is 0.590. The molecule has 1 aliphatic carbocycles. The summed E-state index contributed by atoms with van der Waals surface area (Å²) >= 11 is 1.41. The lowest BCUT2D eigenvalue weighted by Crippen LogP contribution is -2.28. The van der Waals surface area contributed by atoms with Crippen LogP contribution in [-0.4, -0.2) is 26.4 Å². The van der Waals surface area contributed by atoms with Gasteiger partial charge in [-0.05, 0) is 62.3 Å². The van der Waals surface area contributed by atoms with E-state index in [0.29, 0.717) is 5.75 Å². The number of nitrogens with zero attached hydrogens (tertiary/aromatic N) is 3. The minimum absolute atomic E-state index is 0.00493. The van der Waals surface area contributed by atoms with Crippen molar-refractivity contribution in [3.05, 3.63) is 64.7 Å². The molecule has 156 valence electrons. The maximum atomic E-state index is 12.5. The Hall–Kier alpha value is -2.60. The van der Waals surface area contributed by atoms with Crippen molar-refractivity contribution in [3.63, 3.8) is 0 Å². The van der Waals surface area contributed by atoms with Crippen LogP contribution in [0.25, 0.3) is 11.4 Å². The summed E-state index contributed by atoms with van der Waals surface area (Å²) in [7, 11) is 1.94. The van der Waals surface area contributed by atoms with Crippen LogP contribution >= 0.6 is 11.8 Å². The van der Waals surface area contributed by atoms with Crippen LogP contribution in [0.5, 0.6) is 0 Å². The van der Waals surface area contributed by atoms with Crippen molar-refractivity contribution < 1.29 is 4.79 Å². The Bertz CT molecular complexity index is 1060. The number of carbonyl (C=O) groups excluding carboxylic acids is 1. The molecule has 6 heteroatoms. The molecular formula is C24H28N4OS. The summed E-state index contributed by atoms with van der Waals surface area (Å²) < 4.78 is 1.94. The predicted molar refractivity (Wildman–Crippen MR) is 122 cm³/mol. The van der Waals surface area contributed by atoms with Crippen molar-refractivity contribution in [1.29, 1.82) is 0 Å². The molecule has 0 radical (unpaired) electrons. The van der Waals surface area contributed by atoms with E-state index in [-0.39, 0.29) is 11.9 Å². The molecule has 1 N–H and O–H groups in total. The van der Waals surface area contributed by atoms with Gasteiger partial charge in [-0.2, -0.15) is 0 Å². The zero-order chi connectivity index (χ0) is 21.1. The number of rotatable bonds is 6. The number of fused-ring (bicyclic) bond motifs is 1. The third-order valence-corrected chi connectivity index (χ3v) is 6.71. The highest BCUT2D eigenvalue weighted by molar-refractivity contribution is 7.99. The Morgan fingerprint density at radius 2 is 1.93 bits per heavy atom. The number of carbonyl (C=O) groups is 1. The highest BCUT2D eigenvalue weighted by Crippen LogP contribution is 2.26. The Balaban J connectivity index is 1.36. The maximum absolute atomic E-state index is 12.5. The summed E-state index contributed by atoms with van der Waals surface area (Å²) in [6, 6.07) is 14.8. The lowest BCUT2D eigenvalue weighted by Gasteiger charge is -2.20. The van der Waals surface area contributed by atoms with Gasteiger partial charge < -0.3 is 9.88 Å². The molecular weight excluding hydrogens is 392 g/mol. The number of hydrogen-bond acceptors (Lipinski definition) is 4. The molecule has 0 bridgehead atoms. The van der Waals surface area contributed by atoms with Crippen LogP contribution in [0.3, 0.4) is 0 Å². The van der Waals surface area contributed by atoms with Crippen molar-refractivity contribution >= 4 is 17.7 Å². The zero-order valence-corrected chi connectivity index (χ0v) is 18.6. The number of benzene rings is 2. The highest BCUT2D eigenvalue weighted by atomic mass is 32.2. The molecule has 0 saturated heterocycles. The molecule has 3 aromatic rings. The average molecular weight is 421 g/mol. The molecule has 2 aromatic carbocycles. The summed E-state index contributed by atoms with van der Waals surface area (Å²) in [5.74, 6) is 1.13. The summed E-state index contributed by atoms with van der Waals surface area (Å²) in [5, 5.41) is 12.5. The van der Waals surface area contributed by atoms with Crippen molar-refractivity contribution in [2.75, 3.05) is 5.75 Å². The zero-order valence-electron chi connectivity index (χ0n) is 17.8. The van der Waals surface area contributed by atoms with Crippen molar-refractivity contribution in [2.24, 2.45) is 7.05 Å². The summed E-state index contributed by atoms with van der Waals surface area (Å²) in [4.78, 5) is 12.5. The smallest absolute Gasteiger partial charge is 0.230 e. The van der Waals surface area contributed by atoms with Crippen LogP contribution in [0.4, 0.5) is 0 Å². The van der Waals surface area contributed by atoms with Gasteiger partial charge in [-0.25, -0.2) is 0 Å². The Kier molecular flexibility index (Phi) is 6.23. The van der Waals surface area contributed by atoms with Gasteiger partial charge in [-0.1, -0.05) is 53.7 Å². The normalized spacial score (nSPS) is 14.2. The first kappa shape index (κ1) is 20.7. The van der Waals surface area contributed by atoms with E-state index in [1.165, 1.54) is 53.3 Å². The standard InChI is InChI=1S/C24H28N4OS/c1-16-7-6-10-21(13-16)23-26-27-24(28(23)3)30-15-22(29)25-17(2)19-12-11-18-8-4-5-9-20(18)14-19/h6-7,10-14,17H,4-5,8-9,15H2,1-3H3,(H,25,29). The first-order valence-electron chi connectivity index (χ1n) is 10.5. The molecule has 5 nitrogen and oxygen atoms in total. The van der Waals surface area contributed by atoms with E-state index in [1.807, 2.05) is 30.7 Å². The Morgan fingerprint density at radius 3 is 2.73 bits per heavy atom. The van der Waals surface area contributed by atoms with Gasteiger partial charge in [0.2, 0.25) is 5.91 Å². The molecule has 0 fully saturated rings. The van der Waals surface area contributed by atoms with Gasteiger partial charge in [0.25, 0.3) is 0 Å². The van der Waals surface area contributed by atoms with Gasteiger partial charge in [-0.3, -0.25) is 4.79 Å². The minimum Gasteiger partial charge on any atom is -0.349 e. The molecule has 0 saturated carbocycles. The number of nitrogens with one attached hydrogen (secondary N) is 1. The Labute approximate surface area is 182 Å². The summed E-state index contributed by atoms with van der Waals surface area (Å²) in [5.41, 5.74) is 6.29. The molecule has 0 spiro atoms. The third-order valence-electron chi connectivity index (χ3n) is 5.69. The fourth-order valence-corrected chi connectivity index (χ4v) is 4.72. The third kappa shape index (κ3) is 4.59. The van der Waals surface area contributed by atoms with Crippen LogP contribution in [0.15, 0.2) is 47.6 Å². The number of hydrogen-bond donors (Lipinski definition) is 1. The fraction of sp³-hybridized carbons (Fsp3) is 0.375. The van der Waals surface area contributed by atoms with Gasteiger partial charge in [0.1, 0.15) is 0 Å². The van der Waals surface area contributed by atoms with E-state index in [1.54, 1.807) is 0 Å². The van der Waals surface area contributed by atoms with Crippen LogP contribution < -0.4 is 5.32 Å². The Morgan fingerprint density at radius 1 is 1.13 bits per heavy atom. The second-order valence-electron chi connectivity index (χ2n) is 8.05. The SMILES string of the molecule is Cc1cccc(-c2nnc(SCC(=O)NC(C)c3ccc4c(c3)CCCC4)n2C)c1. The second-order valence-corrected chi connectivity index (χ2v) is 8.99. The fourth-order valence-electron chi connectivity index (χ4n) is 4.00. The average Bonchev–Trinajstić information content (AvgIpc) is 3.12. The number of aromatic nitrogens is 3. The van der Waals surface area contributed by atoms with Crippen LogP contribution in [0.2, 0.25) is 0 Å².